The third-order valence-electron chi connectivity index (χ3n) is 5.43. The van der Waals surface area contributed by atoms with Crippen LogP contribution in [0.5, 0.6) is 0 Å². The van der Waals surface area contributed by atoms with Crippen molar-refractivity contribution in [3.8, 4) is 22.5 Å². The molecule has 1 aromatic heterocycles. The molecule has 0 radical (unpaired) electrons. The fourth-order valence-corrected chi connectivity index (χ4v) is 3.71. The van der Waals surface area contributed by atoms with Crippen molar-refractivity contribution in [2.24, 2.45) is 0 Å². The second kappa shape index (κ2) is 11.3. The van der Waals surface area contributed by atoms with Gasteiger partial charge in [0.15, 0.2) is 6.04 Å². The Hall–Kier alpha value is -3.59. The van der Waals surface area contributed by atoms with Crippen LogP contribution in [0.3, 0.4) is 0 Å². The topological polar surface area (TPSA) is 121 Å². The number of carbonyl (C=O) groups is 2. The molecule has 0 bridgehead atoms. The number of ether oxygens (including phenoxy) is 1. The fourth-order valence-electron chi connectivity index (χ4n) is 3.71. The van der Waals surface area contributed by atoms with E-state index in [4.69, 9.17) is 4.74 Å². The van der Waals surface area contributed by atoms with Crippen LogP contribution in [0.2, 0.25) is 0 Å². The van der Waals surface area contributed by atoms with Crippen LogP contribution in [0.25, 0.3) is 22.5 Å². The SMILES string of the molecule is CCCCC(=O)N(Cc1ccc(-c2ccccc2-c2nn[nH]n2)cc1)C(C(=O)OC)C(C)O. The molecule has 3 rings (SSSR count). The molecule has 33 heavy (non-hydrogen) atoms. The Morgan fingerprint density at radius 2 is 1.82 bits per heavy atom. The van der Waals surface area contributed by atoms with Crippen LogP contribution in [0, 0.1) is 0 Å². The summed E-state index contributed by atoms with van der Waals surface area (Å²) >= 11 is 0. The average molecular weight is 452 g/mol. The van der Waals surface area contributed by atoms with Crippen molar-refractivity contribution in [3.05, 3.63) is 54.1 Å². The first kappa shape index (κ1) is 24.1. The Balaban J connectivity index is 1.88. The highest BCUT2D eigenvalue weighted by atomic mass is 16.5. The molecule has 0 aliphatic heterocycles. The second-order valence-corrected chi connectivity index (χ2v) is 7.81. The summed E-state index contributed by atoms with van der Waals surface area (Å²) in [5.74, 6) is -0.333. The van der Waals surface area contributed by atoms with Crippen LogP contribution < -0.4 is 0 Å². The number of aliphatic hydroxyl groups is 1. The van der Waals surface area contributed by atoms with E-state index in [0.29, 0.717) is 18.7 Å². The van der Waals surface area contributed by atoms with Gasteiger partial charge in [-0.05, 0) is 35.2 Å². The van der Waals surface area contributed by atoms with Crippen molar-refractivity contribution in [2.45, 2.75) is 51.8 Å². The van der Waals surface area contributed by atoms with Crippen LogP contribution in [0.15, 0.2) is 48.5 Å². The summed E-state index contributed by atoms with van der Waals surface area (Å²) in [4.78, 5) is 26.7. The maximum Gasteiger partial charge on any atom is 0.331 e. The number of benzene rings is 2. The van der Waals surface area contributed by atoms with Crippen LogP contribution in [-0.2, 0) is 20.9 Å². The van der Waals surface area contributed by atoms with Crippen LogP contribution in [-0.4, -0.2) is 61.8 Å². The summed E-state index contributed by atoms with van der Waals surface area (Å²) in [5, 5.41) is 24.5. The lowest BCUT2D eigenvalue weighted by molar-refractivity contribution is -0.158. The molecular weight excluding hydrogens is 422 g/mol. The van der Waals surface area contributed by atoms with Gasteiger partial charge in [0, 0.05) is 18.5 Å². The summed E-state index contributed by atoms with van der Waals surface area (Å²) in [7, 11) is 1.25. The summed E-state index contributed by atoms with van der Waals surface area (Å²) in [6, 6.07) is 14.4. The third kappa shape index (κ3) is 5.81. The fraction of sp³-hybridized carbons (Fsp3) is 0.375. The minimum Gasteiger partial charge on any atom is -0.467 e. The number of hydrogen-bond acceptors (Lipinski definition) is 7. The number of aromatic nitrogens is 4. The van der Waals surface area contributed by atoms with Gasteiger partial charge in [-0.2, -0.15) is 5.21 Å². The molecule has 2 aromatic carbocycles. The van der Waals surface area contributed by atoms with Gasteiger partial charge >= 0.3 is 5.97 Å². The smallest absolute Gasteiger partial charge is 0.331 e. The monoisotopic (exact) mass is 451 g/mol. The number of carbonyl (C=O) groups excluding carboxylic acids is 2. The molecule has 174 valence electrons. The van der Waals surface area contributed by atoms with Crippen molar-refractivity contribution in [2.75, 3.05) is 7.11 Å². The van der Waals surface area contributed by atoms with E-state index in [1.807, 2.05) is 55.5 Å². The lowest BCUT2D eigenvalue weighted by Gasteiger charge is -2.32. The highest BCUT2D eigenvalue weighted by Gasteiger charge is 2.34. The number of hydrogen-bond donors (Lipinski definition) is 2. The molecule has 2 atom stereocenters. The normalized spacial score (nSPS) is 12.7. The zero-order chi connectivity index (χ0) is 23.8. The first-order valence-electron chi connectivity index (χ1n) is 10.9. The zero-order valence-electron chi connectivity index (χ0n) is 19.1. The first-order chi connectivity index (χ1) is 16.0. The van der Waals surface area contributed by atoms with Crippen molar-refractivity contribution in [1.29, 1.82) is 0 Å². The van der Waals surface area contributed by atoms with Crippen molar-refractivity contribution < 1.29 is 19.4 Å². The molecule has 2 N–H and O–H groups in total. The van der Waals surface area contributed by atoms with Gasteiger partial charge in [0.2, 0.25) is 11.7 Å². The van der Waals surface area contributed by atoms with E-state index in [9.17, 15) is 14.7 Å². The Morgan fingerprint density at radius 1 is 1.12 bits per heavy atom. The predicted octanol–water partition coefficient (Wildman–Crippen LogP) is 2.97. The maximum absolute atomic E-state index is 12.9. The minimum atomic E-state index is -1.07. The number of amides is 1. The number of tetrazole rings is 1. The van der Waals surface area contributed by atoms with Gasteiger partial charge in [-0.15, -0.1) is 10.2 Å². The number of nitrogens with zero attached hydrogens (tertiary/aromatic N) is 4. The van der Waals surface area contributed by atoms with Crippen molar-refractivity contribution in [3.63, 3.8) is 0 Å². The molecule has 0 fully saturated rings. The first-order valence-corrected chi connectivity index (χ1v) is 10.9. The molecule has 1 amide bonds. The van der Waals surface area contributed by atoms with E-state index >= 15 is 0 Å². The quantitative estimate of drug-likeness (QED) is 0.455. The largest absolute Gasteiger partial charge is 0.467 e. The lowest BCUT2D eigenvalue weighted by atomic mass is 9.98. The molecule has 0 saturated carbocycles. The Labute approximate surface area is 192 Å². The molecule has 9 nitrogen and oxygen atoms in total. The number of H-pyrrole nitrogens is 1. The number of esters is 1. The van der Waals surface area contributed by atoms with Crippen LogP contribution in [0.4, 0.5) is 0 Å². The molecule has 2 unspecified atom stereocenters. The van der Waals surface area contributed by atoms with Gasteiger partial charge in [0.1, 0.15) is 0 Å². The van der Waals surface area contributed by atoms with E-state index in [1.165, 1.54) is 18.9 Å². The van der Waals surface area contributed by atoms with Gasteiger partial charge < -0.3 is 14.7 Å². The lowest BCUT2D eigenvalue weighted by Crippen LogP contribution is -2.50. The summed E-state index contributed by atoms with van der Waals surface area (Å²) in [5.41, 5.74) is 3.56. The number of aliphatic hydroxyl groups excluding tert-OH is 1. The van der Waals surface area contributed by atoms with E-state index in [-0.39, 0.29) is 12.5 Å². The van der Waals surface area contributed by atoms with Gasteiger partial charge in [-0.25, -0.2) is 4.79 Å². The van der Waals surface area contributed by atoms with Crippen molar-refractivity contribution in [1.82, 2.24) is 25.5 Å². The second-order valence-electron chi connectivity index (χ2n) is 7.81. The van der Waals surface area contributed by atoms with Gasteiger partial charge in [-0.1, -0.05) is 61.9 Å². The van der Waals surface area contributed by atoms with Crippen molar-refractivity contribution >= 4 is 11.9 Å². The molecule has 1 heterocycles. The summed E-state index contributed by atoms with van der Waals surface area (Å²) < 4.78 is 4.86. The van der Waals surface area contributed by atoms with Gasteiger partial charge in [0.05, 0.1) is 13.2 Å². The molecule has 0 aliphatic rings. The Morgan fingerprint density at radius 3 is 2.39 bits per heavy atom. The molecular formula is C24H29N5O4. The highest BCUT2D eigenvalue weighted by Crippen LogP contribution is 2.30. The number of unbranched alkanes of at least 4 members (excludes halogenated alkanes) is 1. The minimum absolute atomic E-state index is 0.181. The van der Waals surface area contributed by atoms with Gasteiger partial charge in [0.25, 0.3) is 0 Å². The number of aromatic amines is 1. The highest BCUT2D eigenvalue weighted by molar-refractivity contribution is 5.85. The van der Waals surface area contributed by atoms with Crippen LogP contribution >= 0.6 is 0 Å². The van der Waals surface area contributed by atoms with Crippen LogP contribution in [0.1, 0.15) is 38.7 Å². The zero-order valence-corrected chi connectivity index (χ0v) is 19.1. The Bertz CT molecular complexity index is 1050. The molecule has 0 aliphatic carbocycles. The van der Waals surface area contributed by atoms with E-state index in [0.717, 1.165) is 28.7 Å². The maximum atomic E-state index is 12.9. The summed E-state index contributed by atoms with van der Waals surface area (Å²) in [6.07, 6.45) is 0.789. The van der Waals surface area contributed by atoms with Gasteiger partial charge in [-0.3, -0.25) is 4.79 Å². The third-order valence-corrected chi connectivity index (χ3v) is 5.43. The number of nitrogens with one attached hydrogen (secondary N) is 1. The molecule has 0 saturated heterocycles. The standard InChI is InChI=1S/C24H29N5O4/c1-4-5-10-21(31)29(22(16(2)30)24(32)33-3)15-17-11-13-18(14-12-17)19-8-6-7-9-20(19)23-25-27-28-26-23/h6-9,11-14,16,22,30H,4-5,10,15H2,1-3H3,(H,25,26,27,28). The molecule has 0 spiro atoms. The molecule has 3 aromatic rings. The van der Waals surface area contributed by atoms with E-state index in [1.54, 1.807) is 0 Å². The van der Waals surface area contributed by atoms with E-state index < -0.39 is 18.1 Å². The predicted molar refractivity (Wildman–Crippen MR) is 123 cm³/mol. The number of methoxy groups -OCH3 is 1. The number of rotatable bonds is 10. The summed E-state index contributed by atoms with van der Waals surface area (Å²) in [6.45, 7) is 3.66. The average Bonchev–Trinajstić information content (AvgIpc) is 3.37. The Kier molecular flexibility index (Phi) is 8.26. The van der Waals surface area contributed by atoms with E-state index in [2.05, 4.69) is 20.6 Å². The molecule has 9 heteroatoms.